The average Bonchev–Trinajstić information content (AvgIpc) is 2.53. The van der Waals surface area contributed by atoms with Crippen LogP contribution in [0.5, 0.6) is 0 Å². The Hall–Kier alpha value is -1.69. The first-order valence-electron chi connectivity index (χ1n) is 10.1. The van der Waals surface area contributed by atoms with Crippen LogP contribution in [0.1, 0.15) is 67.9 Å². The highest BCUT2D eigenvalue weighted by Crippen LogP contribution is 2.48. The molecule has 23 heavy (non-hydrogen) atoms. The second kappa shape index (κ2) is 6.83. The van der Waals surface area contributed by atoms with Crippen LogP contribution in [0, 0.1) is 40.7 Å². The van der Waals surface area contributed by atoms with Gasteiger partial charge in [0.15, 0.2) is 0 Å². The first kappa shape index (κ1) is 11.8. The van der Waals surface area contributed by atoms with Crippen molar-refractivity contribution >= 4 is 0 Å². The molecule has 0 radical (unpaired) electrons. The molecule has 0 aromatic heterocycles. The second-order valence-corrected chi connectivity index (χ2v) is 6.44. The number of benzene rings is 1. The Bertz CT molecular complexity index is 777. The molecule has 3 heteroatoms. The number of hydrogen-bond donors (Lipinski definition) is 0. The maximum Gasteiger partial charge on any atom is 0.144 e. The number of nitrogens with zero attached hydrogens (tertiary/aromatic N) is 1. The van der Waals surface area contributed by atoms with Crippen molar-refractivity contribution in [3.05, 3.63) is 47.0 Å². The lowest BCUT2D eigenvalue weighted by Gasteiger charge is -2.41. The standard InChI is InChI=1S/C20H23F2N/c1-2-3-13-4-5-15-9-16(7-6-14(15)8-13)17-10-19(21)18(12-23)20(22)11-17/h2-3,10-11,13-16H,4-9H2,1H3/i7D2,9D2. The van der Waals surface area contributed by atoms with Crippen molar-refractivity contribution in [2.45, 2.75) is 51.3 Å². The molecule has 2 saturated carbocycles. The van der Waals surface area contributed by atoms with Crippen LogP contribution < -0.4 is 0 Å². The van der Waals surface area contributed by atoms with Crippen molar-refractivity contribution in [3.63, 3.8) is 0 Å². The number of rotatable bonds is 2. The van der Waals surface area contributed by atoms with Crippen LogP contribution in [0.4, 0.5) is 8.78 Å². The molecule has 1 aromatic carbocycles. The molecule has 0 N–H and O–H groups in total. The summed E-state index contributed by atoms with van der Waals surface area (Å²) in [5, 5.41) is 8.85. The van der Waals surface area contributed by atoms with E-state index in [4.69, 9.17) is 10.7 Å². The zero-order valence-electron chi connectivity index (χ0n) is 17.2. The van der Waals surface area contributed by atoms with E-state index in [1.807, 2.05) is 13.0 Å². The number of halogens is 2. The quantitative estimate of drug-likeness (QED) is 0.640. The predicted molar refractivity (Wildman–Crippen MR) is 86.8 cm³/mol. The topological polar surface area (TPSA) is 23.8 Å². The van der Waals surface area contributed by atoms with Crippen LogP contribution in [-0.4, -0.2) is 0 Å². The van der Waals surface area contributed by atoms with Crippen LogP contribution >= 0.6 is 0 Å². The molecule has 2 aliphatic rings. The third kappa shape index (κ3) is 3.32. The molecular weight excluding hydrogens is 292 g/mol. The molecule has 4 unspecified atom stereocenters. The lowest BCUT2D eigenvalue weighted by atomic mass is 9.64. The number of nitriles is 1. The predicted octanol–water partition coefficient (Wildman–Crippen LogP) is 5.71. The van der Waals surface area contributed by atoms with E-state index < -0.39 is 35.9 Å². The minimum Gasteiger partial charge on any atom is -0.205 e. The molecule has 0 saturated heterocycles. The van der Waals surface area contributed by atoms with Gasteiger partial charge in [0, 0.05) is 5.48 Å². The van der Waals surface area contributed by atoms with Gasteiger partial charge in [0.1, 0.15) is 23.3 Å². The molecule has 0 heterocycles. The first-order valence-corrected chi connectivity index (χ1v) is 8.13. The Balaban J connectivity index is 2.01. The Morgan fingerprint density at radius 1 is 1.22 bits per heavy atom. The molecule has 1 nitrogen and oxygen atoms in total. The molecule has 2 fully saturated rings. The minimum absolute atomic E-state index is 0.0481. The molecule has 0 spiro atoms. The number of fused-ring (bicyclic) bond motifs is 1. The van der Waals surface area contributed by atoms with Gasteiger partial charge in [-0.15, -0.1) is 0 Å². The van der Waals surface area contributed by atoms with Gasteiger partial charge >= 0.3 is 0 Å². The molecule has 3 rings (SSSR count). The largest absolute Gasteiger partial charge is 0.205 e. The van der Waals surface area contributed by atoms with E-state index in [1.165, 1.54) is 6.07 Å². The first-order chi connectivity index (χ1) is 12.6. The summed E-state index contributed by atoms with van der Waals surface area (Å²) in [4.78, 5) is 0. The number of allylic oxidation sites excluding steroid dienone is 2. The number of hydrogen-bond acceptors (Lipinski definition) is 1. The van der Waals surface area contributed by atoms with E-state index in [2.05, 4.69) is 6.08 Å². The molecule has 0 aliphatic heterocycles. The fourth-order valence-corrected chi connectivity index (χ4v) is 3.81. The fourth-order valence-electron chi connectivity index (χ4n) is 3.81. The smallest absolute Gasteiger partial charge is 0.144 e. The Morgan fingerprint density at radius 2 is 1.96 bits per heavy atom. The van der Waals surface area contributed by atoms with Crippen molar-refractivity contribution in [2.24, 2.45) is 17.8 Å². The monoisotopic (exact) mass is 319 g/mol. The summed E-state index contributed by atoms with van der Waals surface area (Å²) in [7, 11) is 0. The van der Waals surface area contributed by atoms with Crippen LogP contribution in [0.15, 0.2) is 24.3 Å². The lowest BCUT2D eigenvalue weighted by Crippen LogP contribution is -2.30. The molecule has 4 atom stereocenters. The highest BCUT2D eigenvalue weighted by molar-refractivity contribution is 5.36. The minimum atomic E-state index is -1.93. The Kier molecular flexibility index (Phi) is 3.50. The molecule has 0 bridgehead atoms. The van der Waals surface area contributed by atoms with Crippen molar-refractivity contribution in [3.8, 4) is 6.07 Å². The van der Waals surface area contributed by atoms with Crippen molar-refractivity contribution in [2.75, 3.05) is 0 Å². The average molecular weight is 319 g/mol. The van der Waals surface area contributed by atoms with E-state index in [-0.39, 0.29) is 23.8 Å². The van der Waals surface area contributed by atoms with Gasteiger partial charge in [-0.1, -0.05) is 12.2 Å². The van der Waals surface area contributed by atoms with Gasteiger partial charge in [0.05, 0.1) is 0 Å². The zero-order valence-corrected chi connectivity index (χ0v) is 13.2. The fraction of sp³-hybridized carbons (Fsp3) is 0.550. The summed E-state index contributed by atoms with van der Waals surface area (Å²) in [5.41, 5.74) is -0.770. The normalized spacial score (nSPS) is 37.8. The highest BCUT2D eigenvalue weighted by atomic mass is 19.1. The third-order valence-electron chi connectivity index (χ3n) is 4.96. The van der Waals surface area contributed by atoms with Crippen LogP contribution in [0.2, 0.25) is 0 Å². The van der Waals surface area contributed by atoms with E-state index in [0.29, 0.717) is 12.3 Å². The molecule has 122 valence electrons. The summed E-state index contributed by atoms with van der Waals surface area (Å²) >= 11 is 0. The van der Waals surface area contributed by atoms with Gasteiger partial charge < -0.3 is 0 Å². The Morgan fingerprint density at radius 3 is 2.61 bits per heavy atom. The van der Waals surface area contributed by atoms with Gasteiger partial charge in [-0.05, 0) is 86.7 Å². The second-order valence-electron chi connectivity index (χ2n) is 6.44. The van der Waals surface area contributed by atoms with Gasteiger partial charge in [0.25, 0.3) is 0 Å². The zero-order chi connectivity index (χ0) is 20.0. The van der Waals surface area contributed by atoms with Crippen LogP contribution in [-0.2, 0) is 0 Å². The van der Waals surface area contributed by atoms with Gasteiger partial charge in [0.2, 0.25) is 0 Å². The summed E-state index contributed by atoms with van der Waals surface area (Å²) in [6.07, 6.45) is 2.56. The van der Waals surface area contributed by atoms with E-state index >= 15 is 0 Å². The summed E-state index contributed by atoms with van der Waals surface area (Å²) in [6.45, 7) is 1.94. The summed E-state index contributed by atoms with van der Waals surface area (Å²) < 4.78 is 62.7. The SMILES string of the molecule is [2H]C1([2H])CC2CC(C=CC)CCC2C([2H])([2H])C1c1cc(F)c(C#N)c(F)c1. The van der Waals surface area contributed by atoms with E-state index in [9.17, 15) is 8.78 Å². The summed E-state index contributed by atoms with van der Waals surface area (Å²) in [6, 6.07) is 3.30. The van der Waals surface area contributed by atoms with E-state index in [0.717, 1.165) is 25.0 Å². The van der Waals surface area contributed by atoms with Crippen molar-refractivity contribution < 1.29 is 14.3 Å². The molecule has 2 aliphatic carbocycles. The maximum atomic E-state index is 14.1. The van der Waals surface area contributed by atoms with Gasteiger partial charge in [-0.2, -0.15) is 5.26 Å². The summed E-state index contributed by atoms with van der Waals surface area (Å²) in [5.74, 6) is -3.55. The molecule has 1 aromatic rings. The lowest BCUT2D eigenvalue weighted by molar-refractivity contribution is 0.133. The van der Waals surface area contributed by atoms with Gasteiger partial charge in [-0.3, -0.25) is 0 Å². The van der Waals surface area contributed by atoms with Crippen molar-refractivity contribution in [1.82, 2.24) is 0 Å². The third-order valence-corrected chi connectivity index (χ3v) is 4.96. The van der Waals surface area contributed by atoms with E-state index in [1.54, 1.807) is 0 Å². The van der Waals surface area contributed by atoms with Crippen LogP contribution in [0.3, 0.4) is 0 Å². The van der Waals surface area contributed by atoms with Crippen LogP contribution in [0.25, 0.3) is 0 Å². The highest BCUT2D eigenvalue weighted by Gasteiger charge is 2.35. The maximum absolute atomic E-state index is 14.1. The van der Waals surface area contributed by atoms with Crippen molar-refractivity contribution in [1.29, 1.82) is 5.26 Å². The van der Waals surface area contributed by atoms with Gasteiger partial charge in [-0.25, -0.2) is 8.78 Å². The molecule has 0 amide bonds. The Labute approximate surface area is 142 Å². The molecular formula is C20H23F2N.